The van der Waals surface area contributed by atoms with Crippen LogP contribution in [0.5, 0.6) is 23.0 Å². The summed E-state index contributed by atoms with van der Waals surface area (Å²) in [6.07, 6.45) is 2.53. The number of carbonyl (C=O) groups excluding carboxylic acids is 2. The number of para-hydroxylation sites is 4. The number of aromatic hydroxyl groups is 2. The van der Waals surface area contributed by atoms with E-state index in [1.54, 1.807) is 60.7 Å². The van der Waals surface area contributed by atoms with Crippen molar-refractivity contribution in [2.45, 2.75) is 0 Å². The molecule has 0 saturated carbocycles. The maximum atomic E-state index is 11.7. The number of nitrogens with one attached hydrogen (secondary N) is 2. The van der Waals surface area contributed by atoms with E-state index in [1.807, 2.05) is 0 Å². The van der Waals surface area contributed by atoms with Gasteiger partial charge in [-0.25, -0.2) is 10.9 Å². The van der Waals surface area contributed by atoms with Crippen molar-refractivity contribution in [2.75, 3.05) is 0 Å². The molecule has 4 rings (SSSR count). The predicted molar refractivity (Wildman–Crippen MR) is 138 cm³/mol. The van der Waals surface area contributed by atoms with Gasteiger partial charge in [0.15, 0.2) is 0 Å². The van der Waals surface area contributed by atoms with Crippen molar-refractivity contribution in [3.8, 4) is 23.0 Å². The van der Waals surface area contributed by atoms with Gasteiger partial charge in [-0.2, -0.15) is 10.2 Å². The Labute approximate surface area is 234 Å². The molecule has 0 saturated heterocycles. The van der Waals surface area contributed by atoms with Crippen molar-refractivity contribution in [1.82, 2.24) is 10.9 Å². The van der Waals surface area contributed by atoms with E-state index in [0.717, 1.165) is 0 Å². The summed E-state index contributed by atoms with van der Waals surface area (Å²) in [4.78, 5) is 23.4. The zero-order valence-corrected chi connectivity index (χ0v) is 21.3. The first-order valence-corrected chi connectivity index (χ1v) is 11.1. The molecule has 0 aliphatic carbocycles. The number of benzene rings is 4. The number of rotatable bonds is 6. The number of carbonyl (C=O) groups is 2. The van der Waals surface area contributed by atoms with E-state index in [0.29, 0.717) is 11.1 Å². The second-order valence-electron chi connectivity index (χ2n) is 7.51. The van der Waals surface area contributed by atoms with Crippen molar-refractivity contribution in [1.29, 1.82) is 0 Å². The van der Waals surface area contributed by atoms with Crippen LogP contribution in [0, 0.1) is 0 Å². The van der Waals surface area contributed by atoms with E-state index < -0.39 is 11.8 Å². The number of nitrogens with zero attached hydrogens (tertiary/aromatic N) is 2. The fourth-order valence-corrected chi connectivity index (χ4v) is 2.95. The van der Waals surface area contributed by atoms with E-state index >= 15 is 0 Å². The summed E-state index contributed by atoms with van der Waals surface area (Å²) in [6, 6.07) is 24.9. The summed E-state index contributed by atoms with van der Waals surface area (Å²) in [5, 5.41) is 49.1. The number of hydrogen-bond acceptors (Lipinski definition) is 8. The Bertz CT molecular complexity index is 1360. The molecule has 0 aliphatic rings. The van der Waals surface area contributed by atoms with Crippen LogP contribution in [0.2, 0.25) is 0 Å². The van der Waals surface area contributed by atoms with Crippen LogP contribution >= 0.6 is 0 Å². The van der Waals surface area contributed by atoms with Gasteiger partial charge in [-0.05, 0) is 35.4 Å². The number of hydrazone groups is 2. The predicted octanol–water partition coefficient (Wildman–Crippen LogP) is 2.46. The quantitative estimate of drug-likeness (QED) is 0.159. The standard InChI is InChI=1S/2C14H12N2O3.Fe/c2*17-12-7-3-1-5-10(12)9-15-16-14(19)11-6-2-4-8-13(11)18;/h2*1-9,17-18H,(H,16,19);/q;;+2/p-2/b2*15-9+;. The molecule has 2 amide bonds. The van der Waals surface area contributed by atoms with Gasteiger partial charge in [0.25, 0.3) is 11.8 Å². The van der Waals surface area contributed by atoms with Gasteiger partial charge in [0.2, 0.25) is 0 Å². The van der Waals surface area contributed by atoms with Gasteiger partial charge in [-0.1, -0.05) is 84.3 Å². The SMILES string of the molecule is O=C(N/N=C/c1ccccc1[O-])c1ccccc1O.O=C(N/N=C/c1ccccc1[O-])c1ccccc1O.[Fe+2]. The van der Waals surface area contributed by atoms with E-state index in [4.69, 9.17) is 0 Å². The van der Waals surface area contributed by atoms with Crippen LogP contribution in [0.25, 0.3) is 0 Å². The minimum absolute atomic E-state index is 0. The molecule has 4 aromatic rings. The first-order valence-electron chi connectivity index (χ1n) is 11.1. The Balaban J connectivity index is 0.000000267. The van der Waals surface area contributed by atoms with Crippen LogP contribution in [0.15, 0.2) is 107 Å². The molecule has 198 valence electrons. The van der Waals surface area contributed by atoms with E-state index in [2.05, 4.69) is 21.1 Å². The maximum Gasteiger partial charge on any atom is 2.00 e. The minimum atomic E-state index is -0.544. The maximum absolute atomic E-state index is 11.7. The van der Waals surface area contributed by atoms with Crippen LogP contribution < -0.4 is 21.1 Å². The summed E-state index contributed by atoms with van der Waals surface area (Å²) in [5.41, 5.74) is 5.49. The Kier molecular flexibility index (Phi) is 11.7. The molecule has 39 heavy (non-hydrogen) atoms. The summed E-state index contributed by atoms with van der Waals surface area (Å²) < 4.78 is 0. The fourth-order valence-electron chi connectivity index (χ4n) is 2.95. The minimum Gasteiger partial charge on any atom is -0.872 e. The van der Waals surface area contributed by atoms with Gasteiger partial charge >= 0.3 is 17.1 Å². The van der Waals surface area contributed by atoms with E-state index in [9.17, 15) is 30.0 Å². The smallest absolute Gasteiger partial charge is 0.872 e. The van der Waals surface area contributed by atoms with Crippen LogP contribution in [-0.4, -0.2) is 34.5 Å². The van der Waals surface area contributed by atoms with Crippen molar-refractivity contribution in [3.63, 3.8) is 0 Å². The van der Waals surface area contributed by atoms with Crippen LogP contribution in [0.4, 0.5) is 0 Å². The van der Waals surface area contributed by atoms with Crippen molar-refractivity contribution >= 4 is 24.2 Å². The third-order valence-corrected chi connectivity index (χ3v) is 4.87. The van der Waals surface area contributed by atoms with Gasteiger partial charge in [0, 0.05) is 0 Å². The summed E-state index contributed by atoms with van der Waals surface area (Å²) in [7, 11) is 0. The molecule has 4 aromatic carbocycles. The Morgan fingerprint density at radius 1 is 0.590 bits per heavy atom. The molecule has 0 heterocycles. The van der Waals surface area contributed by atoms with Gasteiger partial charge < -0.3 is 20.4 Å². The summed E-state index contributed by atoms with van der Waals surface area (Å²) in [5.74, 6) is -1.69. The third-order valence-electron chi connectivity index (χ3n) is 4.87. The van der Waals surface area contributed by atoms with Crippen molar-refractivity contribution < 1.29 is 47.1 Å². The van der Waals surface area contributed by atoms with Crippen molar-refractivity contribution in [3.05, 3.63) is 119 Å². The van der Waals surface area contributed by atoms with Crippen molar-refractivity contribution in [2.24, 2.45) is 10.2 Å². The molecule has 0 atom stereocenters. The number of phenolic OH excluding ortho intramolecular Hbond substituents is 2. The van der Waals surface area contributed by atoms with Crippen LogP contribution in [-0.2, 0) is 17.1 Å². The second-order valence-corrected chi connectivity index (χ2v) is 7.51. The Morgan fingerprint density at radius 2 is 0.923 bits per heavy atom. The molecule has 11 heteroatoms. The largest absolute Gasteiger partial charge is 2.00 e. The van der Waals surface area contributed by atoms with E-state index in [1.165, 1.54) is 48.8 Å². The summed E-state index contributed by atoms with van der Waals surface area (Å²) >= 11 is 0. The molecule has 4 N–H and O–H groups in total. The molecule has 0 aromatic heterocycles. The molecule has 0 spiro atoms. The first-order chi connectivity index (χ1) is 18.4. The van der Waals surface area contributed by atoms with Gasteiger partial charge in [0.1, 0.15) is 11.5 Å². The molecular weight excluding hydrogens is 544 g/mol. The monoisotopic (exact) mass is 566 g/mol. The molecule has 0 radical (unpaired) electrons. The van der Waals surface area contributed by atoms with Gasteiger partial charge in [0.05, 0.1) is 23.6 Å². The number of phenols is 2. The van der Waals surface area contributed by atoms with Crippen LogP contribution in [0.3, 0.4) is 0 Å². The zero-order valence-electron chi connectivity index (χ0n) is 20.2. The average molecular weight is 566 g/mol. The molecule has 10 nitrogen and oxygen atoms in total. The average Bonchev–Trinajstić information content (AvgIpc) is 2.91. The Hall–Kier alpha value is -5.12. The van der Waals surface area contributed by atoms with Gasteiger partial charge in [-0.15, -0.1) is 0 Å². The molecule has 0 aliphatic heterocycles. The van der Waals surface area contributed by atoms with E-state index in [-0.39, 0.29) is 51.2 Å². The topological polar surface area (TPSA) is 169 Å². The molecule has 0 unspecified atom stereocenters. The van der Waals surface area contributed by atoms with Crippen LogP contribution in [0.1, 0.15) is 31.8 Å². The zero-order chi connectivity index (χ0) is 27.3. The third kappa shape index (κ3) is 9.04. The number of hydrogen-bond donors (Lipinski definition) is 4. The molecule has 0 bridgehead atoms. The molecular formula is C28H22FeN4O6. The number of amides is 2. The Morgan fingerprint density at radius 3 is 1.28 bits per heavy atom. The normalized spacial score (nSPS) is 10.3. The second kappa shape index (κ2) is 15.2. The first kappa shape index (κ1) is 30.1. The summed E-state index contributed by atoms with van der Waals surface area (Å²) in [6.45, 7) is 0. The fraction of sp³-hybridized carbons (Fsp3) is 0. The molecule has 0 fully saturated rings. The van der Waals surface area contributed by atoms with Gasteiger partial charge in [-0.3, -0.25) is 9.59 Å².